The van der Waals surface area contributed by atoms with E-state index in [-0.39, 0.29) is 11.9 Å². The number of nitrogens with zero attached hydrogens (tertiary/aromatic N) is 4. The van der Waals surface area contributed by atoms with Gasteiger partial charge in [0.1, 0.15) is 11.5 Å². The first kappa shape index (κ1) is 25.6. The number of rotatable bonds is 6. The van der Waals surface area contributed by atoms with E-state index in [9.17, 15) is 9.18 Å². The molecule has 0 spiro atoms. The van der Waals surface area contributed by atoms with E-state index in [1.54, 1.807) is 11.0 Å². The number of anilines is 1. The van der Waals surface area contributed by atoms with Crippen molar-refractivity contribution in [3.8, 4) is 22.3 Å². The summed E-state index contributed by atoms with van der Waals surface area (Å²) in [7, 11) is 0. The summed E-state index contributed by atoms with van der Waals surface area (Å²) in [5.41, 5.74) is 10.9. The Bertz CT molecular complexity index is 1680. The molecular formula is C31H31FN6O2. The molecule has 0 atom stereocenters. The molecule has 3 aromatic heterocycles. The second kappa shape index (κ2) is 10.8. The van der Waals surface area contributed by atoms with E-state index in [1.807, 2.05) is 61.3 Å². The van der Waals surface area contributed by atoms with Gasteiger partial charge in [-0.05, 0) is 74.6 Å². The van der Waals surface area contributed by atoms with E-state index in [0.29, 0.717) is 12.2 Å². The van der Waals surface area contributed by atoms with E-state index in [4.69, 9.17) is 9.94 Å². The maximum Gasteiger partial charge on any atom is 0.434 e. The molecule has 8 nitrogen and oxygen atoms in total. The van der Waals surface area contributed by atoms with E-state index in [2.05, 4.69) is 21.5 Å². The molecule has 2 aromatic carbocycles. The number of carbonyl (C=O) groups excluding carboxylic acids is 1. The molecule has 9 heteroatoms. The lowest BCUT2D eigenvalue weighted by Gasteiger charge is -2.25. The Balaban J connectivity index is 1.26. The number of pyridine rings is 1. The first-order valence-corrected chi connectivity index (χ1v) is 13.5. The molecule has 0 saturated carbocycles. The fraction of sp³-hybridized carbons (Fsp3) is 0.258. The molecule has 2 N–H and O–H groups in total. The van der Waals surface area contributed by atoms with Crippen LogP contribution in [0.3, 0.4) is 0 Å². The molecule has 204 valence electrons. The Morgan fingerprint density at radius 3 is 2.70 bits per heavy atom. The van der Waals surface area contributed by atoms with Crippen LogP contribution in [0.25, 0.3) is 33.3 Å². The van der Waals surface area contributed by atoms with E-state index >= 15 is 0 Å². The fourth-order valence-corrected chi connectivity index (χ4v) is 5.42. The molecular weight excluding hydrogens is 507 g/mol. The number of carbonyl (C=O) groups is 1. The van der Waals surface area contributed by atoms with Crippen molar-refractivity contribution in [1.29, 1.82) is 0 Å². The van der Waals surface area contributed by atoms with Crippen LogP contribution in [0.4, 0.5) is 14.9 Å². The Labute approximate surface area is 231 Å². The van der Waals surface area contributed by atoms with Crippen molar-refractivity contribution in [3.05, 3.63) is 89.8 Å². The summed E-state index contributed by atoms with van der Waals surface area (Å²) >= 11 is 0. The number of hydrogen-bond acceptors (Lipinski definition) is 5. The minimum atomic E-state index is -0.353. The highest BCUT2D eigenvalue weighted by Crippen LogP contribution is 2.35. The Morgan fingerprint density at radius 1 is 1.05 bits per heavy atom. The van der Waals surface area contributed by atoms with Gasteiger partial charge in [-0.1, -0.05) is 24.3 Å². The van der Waals surface area contributed by atoms with Crippen LogP contribution in [0.2, 0.25) is 0 Å². The van der Waals surface area contributed by atoms with Crippen molar-refractivity contribution in [2.24, 2.45) is 0 Å². The average Bonchev–Trinajstić information content (AvgIpc) is 3.50. The number of piperidine rings is 1. The number of nitrogens with one attached hydrogen (secondary N) is 2. The number of likely N-dealkylation sites (tertiary alicyclic amines) is 1. The molecule has 5 aromatic rings. The summed E-state index contributed by atoms with van der Waals surface area (Å²) in [4.78, 5) is 27.4. The second-order valence-corrected chi connectivity index (χ2v) is 10.3. The zero-order valence-corrected chi connectivity index (χ0v) is 22.6. The van der Waals surface area contributed by atoms with Gasteiger partial charge in [-0.15, -0.1) is 0 Å². The van der Waals surface area contributed by atoms with Gasteiger partial charge in [0.2, 0.25) is 0 Å². The maximum atomic E-state index is 13.7. The molecule has 0 aliphatic carbocycles. The SMILES string of the molecule is Cc1nn(Cc2cccc(F)c2)c(C)c1-c1c[nH]c2ncc(-c3cccc(NOC(=O)N4CCCCC4)c3)cc12. The molecule has 6 rings (SSSR count). The topological polar surface area (TPSA) is 88.1 Å². The molecule has 1 saturated heterocycles. The summed E-state index contributed by atoms with van der Waals surface area (Å²) in [5, 5.41) is 5.74. The van der Waals surface area contributed by atoms with Gasteiger partial charge in [0, 0.05) is 53.3 Å². The molecule has 1 aliphatic heterocycles. The number of aromatic nitrogens is 4. The van der Waals surface area contributed by atoms with Gasteiger partial charge in [0.25, 0.3) is 0 Å². The third kappa shape index (κ3) is 5.14. The van der Waals surface area contributed by atoms with Gasteiger partial charge in [0.05, 0.1) is 17.9 Å². The normalized spacial score (nSPS) is 13.5. The van der Waals surface area contributed by atoms with Crippen LogP contribution >= 0.6 is 0 Å². The monoisotopic (exact) mass is 538 g/mol. The molecule has 40 heavy (non-hydrogen) atoms. The lowest BCUT2D eigenvalue weighted by Crippen LogP contribution is -2.37. The third-order valence-electron chi connectivity index (χ3n) is 7.47. The maximum absolute atomic E-state index is 13.7. The van der Waals surface area contributed by atoms with Gasteiger partial charge < -0.3 is 14.7 Å². The number of benzene rings is 2. The summed E-state index contributed by atoms with van der Waals surface area (Å²) in [6.45, 7) is 5.96. The zero-order chi connectivity index (χ0) is 27.6. The quantitative estimate of drug-likeness (QED) is 0.231. The Hall–Kier alpha value is -4.66. The number of aryl methyl sites for hydroxylation is 1. The van der Waals surface area contributed by atoms with Crippen molar-refractivity contribution in [2.45, 2.75) is 39.7 Å². The summed E-state index contributed by atoms with van der Waals surface area (Å²) < 4.78 is 15.7. The molecule has 0 radical (unpaired) electrons. The highest BCUT2D eigenvalue weighted by molar-refractivity contribution is 5.97. The summed E-state index contributed by atoms with van der Waals surface area (Å²) in [6, 6.07) is 16.4. The summed E-state index contributed by atoms with van der Waals surface area (Å²) in [6.07, 6.45) is 6.60. The van der Waals surface area contributed by atoms with E-state index in [0.717, 1.165) is 82.6 Å². The van der Waals surface area contributed by atoms with E-state index < -0.39 is 0 Å². The molecule has 1 amide bonds. The van der Waals surface area contributed by atoms with Crippen LogP contribution in [-0.4, -0.2) is 43.8 Å². The minimum absolute atomic E-state index is 0.256. The number of aromatic amines is 1. The minimum Gasteiger partial charge on any atom is -0.346 e. The number of H-pyrrole nitrogens is 1. The highest BCUT2D eigenvalue weighted by Gasteiger charge is 2.19. The van der Waals surface area contributed by atoms with Crippen LogP contribution in [0.1, 0.15) is 36.2 Å². The number of halogens is 1. The van der Waals surface area contributed by atoms with Crippen LogP contribution in [0, 0.1) is 19.7 Å². The lowest BCUT2D eigenvalue weighted by atomic mass is 10.0. The average molecular weight is 539 g/mol. The van der Waals surface area contributed by atoms with Gasteiger partial charge >= 0.3 is 6.09 Å². The number of fused-ring (bicyclic) bond motifs is 1. The Morgan fingerprint density at radius 2 is 1.88 bits per heavy atom. The predicted molar refractivity (Wildman–Crippen MR) is 153 cm³/mol. The first-order valence-electron chi connectivity index (χ1n) is 13.5. The predicted octanol–water partition coefficient (Wildman–Crippen LogP) is 6.85. The Kier molecular flexibility index (Phi) is 6.94. The van der Waals surface area contributed by atoms with Crippen LogP contribution in [-0.2, 0) is 11.4 Å². The molecule has 4 heterocycles. The van der Waals surface area contributed by atoms with Gasteiger partial charge in [-0.25, -0.2) is 19.6 Å². The largest absolute Gasteiger partial charge is 0.434 e. The molecule has 1 aliphatic rings. The van der Waals surface area contributed by atoms with Crippen LogP contribution < -0.4 is 5.48 Å². The van der Waals surface area contributed by atoms with Gasteiger partial charge in [-0.3, -0.25) is 4.68 Å². The van der Waals surface area contributed by atoms with Gasteiger partial charge in [0.15, 0.2) is 0 Å². The van der Waals surface area contributed by atoms with Crippen molar-refractivity contribution in [2.75, 3.05) is 18.6 Å². The molecule has 0 bridgehead atoms. The molecule has 1 fully saturated rings. The smallest absolute Gasteiger partial charge is 0.346 e. The number of hydrogen-bond donors (Lipinski definition) is 2. The van der Waals surface area contributed by atoms with Crippen molar-refractivity contribution < 1.29 is 14.0 Å². The van der Waals surface area contributed by atoms with Crippen LogP contribution in [0.15, 0.2) is 67.0 Å². The second-order valence-electron chi connectivity index (χ2n) is 10.3. The molecule has 0 unspecified atom stereocenters. The fourth-order valence-electron chi connectivity index (χ4n) is 5.42. The third-order valence-corrected chi connectivity index (χ3v) is 7.47. The first-order chi connectivity index (χ1) is 19.5. The number of amides is 1. The van der Waals surface area contributed by atoms with Crippen LogP contribution in [0.5, 0.6) is 0 Å². The van der Waals surface area contributed by atoms with E-state index in [1.165, 1.54) is 12.1 Å². The van der Waals surface area contributed by atoms with Crippen molar-refractivity contribution in [3.63, 3.8) is 0 Å². The lowest BCUT2D eigenvalue weighted by molar-refractivity contribution is 0.114. The van der Waals surface area contributed by atoms with Crippen molar-refractivity contribution in [1.82, 2.24) is 24.6 Å². The van der Waals surface area contributed by atoms with Crippen molar-refractivity contribution >= 4 is 22.8 Å². The zero-order valence-electron chi connectivity index (χ0n) is 22.6. The summed E-state index contributed by atoms with van der Waals surface area (Å²) in [5.74, 6) is -0.256. The highest BCUT2D eigenvalue weighted by atomic mass is 19.1. The van der Waals surface area contributed by atoms with Gasteiger partial charge in [-0.2, -0.15) is 5.10 Å². The standard InChI is InChI=1S/C31H31FN6O2/c1-20-29(21(2)38(35-20)19-22-8-6-10-25(32)14-22)28-18-34-30-27(28)16-24(17-33-30)23-9-7-11-26(15-23)36-40-31(39)37-12-4-3-5-13-37/h6-11,14-18,36H,3-5,12-13,19H2,1-2H3,(H,33,34).